The van der Waals surface area contributed by atoms with Gasteiger partial charge in [-0.2, -0.15) is 0 Å². The van der Waals surface area contributed by atoms with E-state index in [-0.39, 0.29) is 6.04 Å². The summed E-state index contributed by atoms with van der Waals surface area (Å²) in [6.45, 7) is 4.15. The van der Waals surface area contributed by atoms with Gasteiger partial charge in [0.1, 0.15) is 6.04 Å². The molecule has 3 rings (SSSR count). The van der Waals surface area contributed by atoms with E-state index in [0.29, 0.717) is 5.91 Å². The van der Waals surface area contributed by atoms with Crippen molar-refractivity contribution in [3.05, 3.63) is 29.8 Å². The molecule has 0 bridgehead atoms. The Kier molecular flexibility index (Phi) is 4.47. The minimum absolute atomic E-state index is 0.0253. The van der Waals surface area contributed by atoms with Crippen LogP contribution < -0.4 is 5.32 Å². The van der Waals surface area contributed by atoms with Gasteiger partial charge in [0.2, 0.25) is 5.91 Å². The van der Waals surface area contributed by atoms with E-state index in [2.05, 4.69) is 35.3 Å². The highest BCUT2D eigenvalue weighted by Gasteiger charge is 2.30. The van der Waals surface area contributed by atoms with Crippen LogP contribution in [0.25, 0.3) is 0 Å². The number of aryl methyl sites for hydroxylation is 1. The van der Waals surface area contributed by atoms with E-state index in [1.165, 1.54) is 31.2 Å². The fraction of sp³-hybridized carbons (Fsp3) is 0.611. The maximum Gasteiger partial charge on any atom is 0.245 e. The van der Waals surface area contributed by atoms with Crippen molar-refractivity contribution in [1.29, 1.82) is 0 Å². The lowest BCUT2D eigenvalue weighted by molar-refractivity contribution is -0.133. The van der Waals surface area contributed by atoms with Gasteiger partial charge in [0, 0.05) is 18.8 Å². The van der Waals surface area contributed by atoms with Gasteiger partial charge in [-0.25, -0.2) is 0 Å². The van der Waals surface area contributed by atoms with E-state index in [4.69, 9.17) is 0 Å². The first-order valence-electron chi connectivity index (χ1n) is 8.41. The minimum atomic E-state index is -0.0253. The first-order chi connectivity index (χ1) is 10.3. The average molecular weight is 286 g/mol. The highest BCUT2D eigenvalue weighted by molar-refractivity contribution is 5.85. The number of para-hydroxylation sites is 1. The fourth-order valence-corrected chi connectivity index (χ4v) is 3.69. The Morgan fingerprint density at radius 2 is 2.00 bits per heavy atom. The molecule has 1 saturated heterocycles. The molecule has 1 amide bonds. The van der Waals surface area contributed by atoms with Gasteiger partial charge in [-0.15, -0.1) is 0 Å². The number of anilines is 1. The third-order valence-corrected chi connectivity index (χ3v) is 4.97. The number of piperidine rings is 1. The Bertz CT molecular complexity index is 492. The highest BCUT2D eigenvalue weighted by Crippen LogP contribution is 2.27. The topological polar surface area (TPSA) is 32.3 Å². The summed E-state index contributed by atoms with van der Waals surface area (Å²) in [4.78, 5) is 14.8. The van der Waals surface area contributed by atoms with E-state index >= 15 is 0 Å². The summed E-state index contributed by atoms with van der Waals surface area (Å²) in [5, 5.41) is 3.44. The summed E-state index contributed by atoms with van der Waals surface area (Å²) in [6.07, 6.45) is 6.87. The van der Waals surface area contributed by atoms with Gasteiger partial charge in [-0.3, -0.25) is 4.79 Å². The number of benzene rings is 1. The molecule has 1 N–H and O–H groups in total. The second kappa shape index (κ2) is 6.50. The summed E-state index contributed by atoms with van der Waals surface area (Å²) in [5.41, 5.74) is 2.48. The predicted octanol–water partition coefficient (Wildman–Crippen LogP) is 3.45. The van der Waals surface area contributed by atoms with Crippen molar-refractivity contribution in [1.82, 2.24) is 4.90 Å². The number of hydrogen-bond donors (Lipinski definition) is 1. The van der Waals surface area contributed by atoms with Crippen LogP contribution in [0, 0.1) is 5.92 Å². The summed E-state index contributed by atoms with van der Waals surface area (Å²) < 4.78 is 0. The number of likely N-dealkylation sites (tertiary alicyclic amines) is 1. The van der Waals surface area contributed by atoms with E-state index in [1.807, 2.05) is 6.07 Å². The molecule has 21 heavy (non-hydrogen) atoms. The van der Waals surface area contributed by atoms with Crippen LogP contribution in [0.2, 0.25) is 0 Å². The Morgan fingerprint density at radius 3 is 2.76 bits per heavy atom. The van der Waals surface area contributed by atoms with Crippen LogP contribution in [0.3, 0.4) is 0 Å². The molecule has 114 valence electrons. The van der Waals surface area contributed by atoms with Gasteiger partial charge in [-0.1, -0.05) is 38.0 Å². The van der Waals surface area contributed by atoms with Crippen LogP contribution in [-0.2, 0) is 11.2 Å². The van der Waals surface area contributed by atoms with Crippen LogP contribution in [-0.4, -0.2) is 29.9 Å². The van der Waals surface area contributed by atoms with Crippen molar-refractivity contribution in [2.45, 2.75) is 51.5 Å². The van der Waals surface area contributed by atoms with E-state index in [0.717, 1.165) is 37.5 Å². The number of hydrogen-bond acceptors (Lipinski definition) is 2. The van der Waals surface area contributed by atoms with Crippen molar-refractivity contribution in [3.63, 3.8) is 0 Å². The molecule has 2 aliphatic heterocycles. The summed E-state index contributed by atoms with van der Waals surface area (Å²) >= 11 is 0. The molecule has 2 heterocycles. The van der Waals surface area contributed by atoms with Gasteiger partial charge >= 0.3 is 0 Å². The molecule has 2 aliphatic rings. The lowest BCUT2D eigenvalue weighted by Crippen LogP contribution is -2.47. The molecule has 1 aromatic carbocycles. The molecule has 0 aromatic heterocycles. The van der Waals surface area contributed by atoms with Gasteiger partial charge in [0.25, 0.3) is 0 Å². The maximum atomic E-state index is 12.7. The van der Waals surface area contributed by atoms with Gasteiger partial charge < -0.3 is 10.2 Å². The van der Waals surface area contributed by atoms with Crippen molar-refractivity contribution in [2.24, 2.45) is 5.92 Å². The minimum Gasteiger partial charge on any atom is -0.373 e. The summed E-state index contributed by atoms with van der Waals surface area (Å²) in [6, 6.07) is 8.32. The average Bonchev–Trinajstić information content (AvgIpc) is 2.55. The highest BCUT2D eigenvalue weighted by atomic mass is 16.2. The zero-order chi connectivity index (χ0) is 14.7. The third-order valence-electron chi connectivity index (χ3n) is 4.97. The second-order valence-electron chi connectivity index (χ2n) is 6.45. The molecule has 1 fully saturated rings. The molecule has 3 heteroatoms. The van der Waals surface area contributed by atoms with E-state index in [9.17, 15) is 4.79 Å². The Labute approximate surface area is 127 Å². The second-order valence-corrected chi connectivity index (χ2v) is 6.45. The quantitative estimate of drug-likeness (QED) is 0.923. The SMILES string of the molecule is CCCC1CCN(C(=O)C2CCc3ccccc3N2)CC1. The number of rotatable bonds is 3. The number of nitrogens with zero attached hydrogens (tertiary/aromatic N) is 1. The van der Waals surface area contributed by atoms with Crippen LogP contribution >= 0.6 is 0 Å². The summed E-state index contributed by atoms with van der Waals surface area (Å²) in [5.74, 6) is 1.14. The fourth-order valence-electron chi connectivity index (χ4n) is 3.69. The molecular formula is C18H26N2O. The lowest BCUT2D eigenvalue weighted by Gasteiger charge is -2.36. The first-order valence-corrected chi connectivity index (χ1v) is 8.41. The van der Waals surface area contributed by atoms with Gasteiger partial charge in [-0.05, 0) is 43.2 Å². The Hall–Kier alpha value is -1.51. The number of carbonyl (C=O) groups is 1. The smallest absolute Gasteiger partial charge is 0.245 e. The number of amides is 1. The molecule has 1 atom stereocenters. The molecule has 1 unspecified atom stereocenters. The van der Waals surface area contributed by atoms with Crippen molar-refractivity contribution >= 4 is 11.6 Å². The zero-order valence-corrected chi connectivity index (χ0v) is 13.0. The van der Waals surface area contributed by atoms with E-state index < -0.39 is 0 Å². The van der Waals surface area contributed by atoms with Crippen LogP contribution in [0.5, 0.6) is 0 Å². The number of carbonyl (C=O) groups excluding carboxylic acids is 1. The Balaban J connectivity index is 1.57. The molecule has 1 aromatic rings. The van der Waals surface area contributed by atoms with Crippen molar-refractivity contribution < 1.29 is 4.79 Å². The van der Waals surface area contributed by atoms with Gasteiger partial charge in [0.15, 0.2) is 0 Å². The third kappa shape index (κ3) is 3.22. The monoisotopic (exact) mass is 286 g/mol. The normalized spacial score (nSPS) is 22.5. The van der Waals surface area contributed by atoms with E-state index in [1.54, 1.807) is 0 Å². The largest absolute Gasteiger partial charge is 0.373 e. The maximum absolute atomic E-state index is 12.7. The molecular weight excluding hydrogens is 260 g/mol. The van der Waals surface area contributed by atoms with Crippen LogP contribution in [0.15, 0.2) is 24.3 Å². The lowest BCUT2D eigenvalue weighted by atomic mass is 9.91. The van der Waals surface area contributed by atoms with Crippen LogP contribution in [0.1, 0.15) is 44.6 Å². The molecule has 0 saturated carbocycles. The summed E-state index contributed by atoms with van der Waals surface area (Å²) in [7, 11) is 0. The zero-order valence-electron chi connectivity index (χ0n) is 13.0. The number of fused-ring (bicyclic) bond motifs is 1. The van der Waals surface area contributed by atoms with Gasteiger partial charge in [0.05, 0.1) is 0 Å². The molecule has 0 spiro atoms. The molecule has 3 nitrogen and oxygen atoms in total. The van der Waals surface area contributed by atoms with Crippen molar-refractivity contribution in [2.75, 3.05) is 18.4 Å². The molecule has 0 aliphatic carbocycles. The Morgan fingerprint density at radius 1 is 1.24 bits per heavy atom. The van der Waals surface area contributed by atoms with Crippen LogP contribution in [0.4, 0.5) is 5.69 Å². The molecule has 0 radical (unpaired) electrons. The predicted molar refractivity (Wildman–Crippen MR) is 86.4 cm³/mol. The first kappa shape index (κ1) is 14.4. The standard InChI is InChI=1S/C18H26N2O/c1-2-5-14-10-12-20(13-11-14)18(21)17-9-8-15-6-3-4-7-16(15)19-17/h3-4,6-7,14,17,19H,2,5,8-13H2,1H3. The van der Waals surface area contributed by atoms with Crippen molar-refractivity contribution in [3.8, 4) is 0 Å². The number of nitrogens with one attached hydrogen (secondary N) is 1.